The number of amides is 1. The van der Waals surface area contributed by atoms with Crippen molar-refractivity contribution in [3.63, 3.8) is 0 Å². The Morgan fingerprint density at radius 2 is 2.00 bits per heavy atom. The average Bonchev–Trinajstić information content (AvgIpc) is 2.45. The third-order valence-corrected chi connectivity index (χ3v) is 3.29. The van der Waals surface area contributed by atoms with Crippen molar-refractivity contribution >= 4 is 35.2 Å². The Morgan fingerprint density at radius 3 is 2.71 bits per heavy atom. The highest BCUT2D eigenvalue weighted by molar-refractivity contribution is 6.35. The molecule has 0 saturated heterocycles. The molecule has 0 aliphatic rings. The van der Waals surface area contributed by atoms with Crippen LogP contribution in [0.3, 0.4) is 0 Å². The lowest BCUT2D eigenvalue weighted by Gasteiger charge is -2.08. The molecule has 0 bridgehead atoms. The Bertz CT molecular complexity index is 684. The molecule has 2 rings (SSSR count). The summed E-state index contributed by atoms with van der Waals surface area (Å²) in [6.07, 6.45) is 2.93. The minimum absolute atomic E-state index is 0.332. The summed E-state index contributed by atoms with van der Waals surface area (Å²) in [6, 6.07) is 12.6. The summed E-state index contributed by atoms with van der Waals surface area (Å²) < 4.78 is 5.68. The molecule has 1 amide bonds. The topological polar surface area (TPSA) is 52.3 Å². The van der Waals surface area contributed by atoms with E-state index in [0.29, 0.717) is 22.4 Å². The van der Waals surface area contributed by atoms with Gasteiger partial charge >= 0.3 is 0 Å². The van der Waals surface area contributed by atoms with E-state index >= 15 is 0 Å². The van der Waals surface area contributed by atoms with Gasteiger partial charge in [0.15, 0.2) is 0 Å². The lowest BCUT2D eigenvalue weighted by atomic mass is 10.2. The van der Waals surface area contributed by atoms with Crippen molar-refractivity contribution in [2.45, 2.75) is 6.61 Å². The van der Waals surface area contributed by atoms with Crippen LogP contribution in [-0.4, -0.2) is 5.91 Å². The fourth-order valence-electron chi connectivity index (χ4n) is 1.69. The molecule has 0 aliphatic carbocycles. The molecule has 0 unspecified atom stereocenters. The van der Waals surface area contributed by atoms with Gasteiger partial charge in [-0.15, -0.1) is 0 Å². The van der Waals surface area contributed by atoms with Crippen molar-refractivity contribution in [1.82, 2.24) is 0 Å². The number of hydrogen-bond acceptors (Lipinski definition) is 2. The largest absolute Gasteiger partial charge is 0.489 e. The summed E-state index contributed by atoms with van der Waals surface area (Å²) in [5.41, 5.74) is 6.73. The lowest BCUT2D eigenvalue weighted by Crippen LogP contribution is -2.05. The number of halogens is 2. The van der Waals surface area contributed by atoms with Crippen LogP contribution in [0.4, 0.5) is 0 Å². The molecule has 2 aromatic carbocycles. The van der Waals surface area contributed by atoms with Gasteiger partial charge in [0.25, 0.3) is 0 Å². The molecule has 0 aliphatic heterocycles. The summed E-state index contributed by atoms with van der Waals surface area (Å²) in [5.74, 6) is 0.182. The first kappa shape index (κ1) is 15.4. The van der Waals surface area contributed by atoms with Crippen LogP contribution >= 0.6 is 23.2 Å². The van der Waals surface area contributed by atoms with Crippen molar-refractivity contribution < 1.29 is 9.53 Å². The number of nitrogens with two attached hydrogens (primary N) is 1. The molecule has 108 valence electrons. The molecule has 0 fully saturated rings. The zero-order valence-electron chi connectivity index (χ0n) is 11.1. The van der Waals surface area contributed by atoms with Crippen LogP contribution < -0.4 is 10.5 Å². The number of carbonyl (C=O) groups is 1. The van der Waals surface area contributed by atoms with Crippen LogP contribution in [0, 0.1) is 0 Å². The van der Waals surface area contributed by atoms with Gasteiger partial charge in [-0.05, 0) is 35.9 Å². The number of rotatable bonds is 5. The molecular weight excluding hydrogens is 309 g/mol. The van der Waals surface area contributed by atoms with Crippen molar-refractivity contribution in [2.24, 2.45) is 5.73 Å². The summed E-state index contributed by atoms with van der Waals surface area (Å²) in [5, 5.41) is 1.15. The van der Waals surface area contributed by atoms with Gasteiger partial charge in [-0.1, -0.05) is 41.4 Å². The molecular formula is C16H13Cl2NO2. The molecule has 2 aromatic rings. The fraction of sp³-hybridized carbons (Fsp3) is 0.0625. The molecule has 0 saturated carbocycles. The minimum atomic E-state index is -0.491. The molecule has 0 heterocycles. The summed E-state index contributed by atoms with van der Waals surface area (Å²) in [6.45, 7) is 0.332. The third-order valence-electron chi connectivity index (χ3n) is 2.71. The Kier molecular flexibility index (Phi) is 5.26. The van der Waals surface area contributed by atoms with Gasteiger partial charge in [0, 0.05) is 21.7 Å². The molecule has 2 N–H and O–H groups in total. The summed E-state index contributed by atoms with van der Waals surface area (Å²) >= 11 is 11.9. The van der Waals surface area contributed by atoms with Gasteiger partial charge in [0.05, 0.1) is 0 Å². The van der Waals surface area contributed by atoms with Gasteiger partial charge in [0.1, 0.15) is 12.4 Å². The smallest absolute Gasteiger partial charge is 0.241 e. The van der Waals surface area contributed by atoms with Gasteiger partial charge in [-0.2, -0.15) is 0 Å². The van der Waals surface area contributed by atoms with Crippen molar-refractivity contribution in [3.8, 4) is 5.75 Å². The molecule has 21 heavy (non-hydrogen) atoms. The fourth-order valence-corrected chi connectivity index (χ4v) is 2.15. The van der Waals surface area contributed by atoms with Crippen LogP contribution in [0.2, 0.25) is 10.0 Å². The van der Waals surface area contributed by atoms with Gasteiger partial charge in [0.2, 0.25) is 5.91 Å². The first-order valence-corrected chi connectivity index (χ1v) is 6.94. The SMILES string of the molecule is NC(=O)/C=C\c1cccc(OCc2ccc(Cl)cc2Cl)c1. The van der Waals surface area contributed by atoms with Crippen molar-refractivity contribution in [3.05, 3.63) is 69.7 Å². The highest BCUT2D eigenvalue weighted by Gasteiger charge is 2.03. The maximum Gasteiger partial charge on any atom is 0.241 e. The predicted octanol–water partition coefficient (Wildman–Crippen LogP) is 4.07. The highest BCUT2D eigenvalue weighted by atomic mass is 35.5. The van der Waals surface area contributed by atoms with Crippen LogP contribution in [-0.2, 0) is 11.4 Å². The van der Waals surface area contributed by atoms with E-state index < -0.39 is 5.91 Å². The summed E-state index contributed by atoms with van der Waals surface area (Å²) in [4.78, 5) is 10.7. The van der Waals surface area contributed by atoms with E-state index in [2.05, 4.69) is 0 Å². The van der Waals surface area contributed by atoms with E-state index in [1.165, 1.54) is 6.08 Å². The van der Waals surface area contributed by atoms with E-state index in [1.807, 2.05) is 30.3 Å². The average molecular weight is 322 g/mol. The van der Waals surface area contributed by atoms with E-state index in [0.717, 1.165) is 11.1 Å². The van der Waals surface area contributed by atoms with Crippen molar-refractivity contribution in [1.29, 1.82) is 0 Å². The molecule has 0 radical (unpaired) electrons. The lowest BCUT2D eigenvalue weighted by molar-refractivity contribution is -0.113. The number of carbonyl (C=O) groups excluding carboxylic acids is 1. The van der Waals surface area contributed by atoms with E-state index in [9.17, 15) is 4.79 Å². The van der Waals surface area contributed by atoms with E-state index in [-0.39, 0.29) is 0 Å². The molecule has 0 aromatic heterocycles. The highest BCUT2D eigenvalue weighted by Crippen LogP contribution is 2.23. The van der Waals surface area contributed by atoms with Crippen LogP contribution in [0.5, 0.6) is 5.75 Å². The molecule has 0 atom stereocenters. The van der Waals surface area contributed by atoms with Crippen molar-refractivity contribution in [2.75, 3.05) is 0 Å². The second kappa shape index (κ2) is 7.16. The molecule has 0 spiro atoms. The van der Waals surface area contributed by atoms with E-state index in [4.69, 9.17) is 33.7 Å². The standard InChI is InChI=1S/C16H13Cl2NO2/c17-13-6-5-12(15(18)9-13)10-21-14-3-1-2-11(8-14)4-7-16(19)20/h1-9H,10H2,(H2,19,20)/b7-4-. The second-order valence-corrected chi connectivity index (χ2v) is 5.18. The monoisotopic (exact) mass is 321 g/mol. The normalized spacial score (nSPS) is 10.8. The predicted molar refractivity (Wildman–Crippen MR) is 85.5 cm³/mol. The van der Waals surface area contributed by atoms with Gasteiger partial charge in [-0.25, -0.2) is 0 Å². The van der Waals surface area contributed by atoms with Gasteiger partial charge in [-0.3, -0.25) is 4.79 Å². The quantitative estimate of drug-likeness (QED) is 0.844. The number of hydrogen-bond donors (Lipinski definition) is 1. The second-order valence-electron chi connectivity index (χ2n) is 4.33. The van der Waals surface area contributed by atoms with Crippen LogP contribution in [0.15, 0.2) is 48.5 Å². The number of primary amides is 1. The first-order valence-electron chi connectivity index (χ1n) is 6.19. The Labute approximate surface area is 132 Å². The van der Waals surface area contributed by atoms with Crippen LogP contribution in [0.25, 0.3) is 6.08 Å². The Balaban J connectivity index is 2.06. The number of ether oxygens (including phenoxy) is 1. The number of benzene rings is 2. The minimum Gasteiger partial charge on any atom is -0.489 e. The zero-order valence-corrected chi connectivity index (χ0v) is 12.6. The third kappa shape index (κ3) is 4.81. The molecule has 3 nitrogen and oxygen atoms in total. The maximum absolute atomic E-state index is 10.7. The van der Waals surface area contributed by atoms with E-state index in [1.54, 1.807) is 18.2 Å². The summed E-state index contributed by atoms with van der Waals surface area (Å²) in [7, 11) is 0. The Hall–Kier alpha value is -1.97. The zero-order chi connectivity index (χ0) is 15.2. The Morgan fingerprint density at radius 1 is 1.19 bits per heavy atom. The van der Waals surface area contributed by atoms with Crippen LogP contribution in [0.1, 0.15) is 11.1 Å². The molecule has 5 heteroatoms. The van der Waals surface area contributed by atoms with Gasteiger partial charge < -0.3 is 10.5 Å². The maximum atomic E-state index is 10.7. The first-order chi connectivity index (χ1) is 10.0.